The number of rotatable bonds is 7. The van der Waals surface area contributed by atoms with Gasteiger partial charge in [-0.3, -0.25) is 4.99 Å². The van der Waals surface area contributed by atoms with Gasteiger partial charge in [0.2, 0.25) is 0 Å². The van der Waals surface area contributed by atoms with E-state index in [9.17, 15) is 0 Å². The summed E-state index contributed by atoms with van der Waals surface area (Å²) in [4.78, 5) is 11.1. The third-order valence-electron chi connectivity index (χ3n) is 5.71. The van der Waals surface area contributed by atoms with Crippen molar-refractivity contribution in [2.45, 2.75) is 32.2 Å². The molecule has 1 aliphatic rings. The molecule has 158 valence electrons. The average Bonchev–Trinajstić information content (AvgIpc) is 3.29. The Kier molecular flexibility index (Phi) is 7.38. The largest absolute Gasteiger partial charge is 0.493 e. The minimum atomic E-state index is 0.427. The predicted octanol–water partition coefficient (Wildman–Crippen LogP) is 2.99. The van der Waals surface area contributed by atoms with Gasteiger partial charge in [0.1, 0.15) is 0 Å². The molecule has 1 saturated heterocycles. The van der Waals surface area contributed by atoms with Gasteiger partial charge < -0.3 is 24.3 Å². The fourth-order valence-corrected chi connectivity index (χ4v) is 3.96. The number of aromatic nitrogens is 2. The SMILES string of the molecule is CN=C(NCCCc1ccc(OC)c(OC)c1)N1CCC(C)C(n2ccnc2)C1. The molecule has 7 heteroatoms. The van der Waals surface area contributed by atoms with Crippen LogP contribution in [0.1, 0.15) is 31.4 Å². The van der Waals surface area contributed by atoms with Crippen LogP contribution >= 0.6 is 0 Å². The lowest BCUT2D eigenvalue weighted by Crippen LogP contribution is -2.49. The van der Waals surface area contributed by atoms with Crippen LogP contribution in [0.3, 0.4) is 0 Å². The summed E-state index contributed by atoms with van der Waals surface area (Å²) in [6.07, 6.45) is 8.97. The number of hydrogen-bond acceptors (Lipinski definition) is 4. The number of benzene rings is 1. The summed E-state index contributed by atoms with van der Waals surface area (Å²) in [7, 11) is 5.19. The second kappa shape index (κ2) is 10.2. The summed E-state index contributed by atoms with van der Waals surface area (Å²) in [6.45, 7) is 5.18. The van der Waals surface area contributed by atoms with E-state index in [0.29, 0.717) is 12.0 Å². The zero-order valence-electron chi connectivity index (χ0n) is 18.0. The zero-order chi connectivity index (χ0) is 20.6. The molecule has 29 heavy (non-hydrogen) atoms. The van der Waals surface area contributed by atoms with Crippen molar-refractivity contribution in [3.63, 3.8) is 0 Å². The van der Waals surface area contributed by atoms with Gasteiger partial charge in [-0.1, -0.05) is 13.0 Å². The fourth-order valence-electron chi connectivity index (χ4n) is 3.96. The van der Waals surface area contributed by atoms with Crippen molar-refractivity contribution in [3.8, 4) is 11.5 Å². The summed E-state index contributed by atoms with van der Waals surface area (Å²) < 4.78 is 12.9. The molecule has 0 amide bonds. The Morgan fingerprint density at radius 3 is 2.79 bits per heavy atom. The van der Waals surface area contributed by atoms with Crippen molar-refractivity contribution < 1.29 is 9.47 Å². The van der Waals surface area contributed by atoms with E-state index >= 15 is 0 Å². The molecule has 1 aromatic heterocycles. The lowest BCUT2D eigenvalue weighted by Gasteiger charge is -2.39. The van der Waals surface area contributed by atoms with Gasteiger partial charge in [-0.25, -0.2) is 4.98 Å². The minimum absolute atomic E-state index is 0.427. The van der Waals surface area contributed by atoms with Crippen LogP contribution in [-0.2, 0) is 6.42 Å². The van der Waals surface area contributed by atoms with Gasteiger partial charge in [-0.15, -0.1) is 0 Å². The van der Waals surface area contributed by atoms with Gasteiger partial charge in [0.05, 0.1) is 26.6 Å². The molecular formula is C22H33N5O2. The first kappa shape index (κ1) is 21.0. The Morgan fingerprint density at radius 2 is 2.10 bits per heavy atom. The smallest absolute Gasteiger partial charge is 0.193 e. The molecule has 1 N–H and O–H groups in total. The molecule has 2 unspecified atom stereocenters. The van der Waals surface area contributed by atoms with Gasteiger partial charge >= 0.3 is 0 Å². The molecule has 0 saturated carbocycles. The molecule has 0 aliphatic carbocycles. The monoisotopic (exact) mass is 399 g/mol. The number of hydrogen-bond donors (Lipinski definition) is 1. The van der Waals surface area contributed by atoms with E-state index in [4.69, 9.17) is 9.47 Å². The molecule has 2 heterocycles. The Labute approximate surface area is 173 Å². The Morgan fingerprint density at radius 1 is 1.28 bits per heavy atom. The minimum Gasteiger partial charge on any atom is -0.493 e. The van der Waals surface area contributed by atoms with Gasteiger partial charge in [0.15, 0.2) is 17.5 Å². The van der Waals surface area contributed by atoms with Crippen LogP contribution in [0.25, 0.3) is 0 Å². The maximum atomic E-state index is 5.39. The lowest BCUT2D eigenvalue weighted by atomic mass is 9.93. The molecule has 0 radical (unpaired) electrons. The molecule has 1 aliphatic heterocycles. The molecule has 1 aromatic carbocycles. The summed E-state index contributed by atoms with van der Waals surface area (Å²) in [5.74, 6) is 3.15. The molecule has 0 bridgehead atoms. The third kappa shape index (κ3) is 5.22. The van der Waals surface area contributed by atoms with Crippen molar-refractivity contribution >= 4 is 5.96 Å². The van der Waals surface area contributed by atoms with Crippen molar-refractivity contribution in [2.75, 3.05) is 40.9 Å². The van der Waals surface area contributed by atoms with E-state index in [-0.39, 0.29) is 0 Å². The van der Waals surface area contributed by atoms with Crippen LogP contribution in [0.5, 0.6) is 11.5 Å². The van der Waals surface area contributed by atoms with Crippen LogP contribution < -0.4 is 14.8 Å². The Hall–Kier alpha value is -2.70. The van der Waals surface area contributed by atoms with E-state index in [1.165, 1.54) is 5.56 Å². The van der Waals surface area contributed by atoms with E-state index in [0.717, 1.165) is 56.4 Å². The maximum Gasteiger partial charge on any atom is 0.193 e. The summed E-state index contributed by atoms with van der Waals surface area (Å²) in [6, 6.07) is 6.54. The number of piperidine rings is 1. The number of aryl methyl sites for hydroxylation is 1. The first-order chi connectivity index (χ1) is 14.2. The first-order valence-corrected chi connectivity index (χ1v) is 10.3. The average molecular weight is 400 g/mol. The summed E-state index contributed by atoms with van der Waals surface area (Å²) in [5.41, 5.74) is 1.24. The van der Waals surface area contributed by atoms with E-state index in [1.54, 1.807) is 14.2 Å². The molecule has 0 spiro atoms. The lowest BCUT2D eigenvalue weighted by molar-refractivity contribution is 0.189. The van der Waals surface area contributed by atoms with Crippen molar-refractivity contribution in [2.24, 2.45) is 10.9 Å². The fraction of sp³-hybridized carbons (Fsp3) is 0.545. The van der Waals surface area contributed by atoms with E-state index in [2.05, 4.69) is 50.0 Å². The van der Waals surface area contributed by atoms with Gasteiger partial charge in [-0.05, 0) is 42.9 Å². The standard InChI is InChI=1S/C22H33N5O2/c1-17-9-12-26(15-19(17)27-13-11-24-16-27)22(23-2)25-10-5-6-18-7-8-20(28-3)21(14-18)29-4/h7-8,11,13-14,16-17,19H,5-6,9-10,12,15H2,1-4H3,(H,23,25). The van der Waals surface area contributed by atoms with Crippen LogP contribution in [0.2, 0.25) is 0 Å². The second-order valence-corrected chi connectivity index (χ2v) is 7.56. The van der Waals surface area contributed by atoms with E-state index in [1.807, 2.05) is 25.6 Å². The highest BCUT2D eigenvalue weighted by atomic mass is 16.5. The van der Waals surface area contributed by atoms with Gasteiger partial charge in [-0.2, -0.15) is 0 Å². The Balaban J connectivity index is 1.50. The first-order valence-electron chi connectivity index (χ1n) is 10.3. The van der Waals surface area contributed by atoms with Crippen molar-refractivity contribution in [1.82, 2.24) is 19.8 Å². The number of nitrogens with zero attached hydrogens (tertiary/aromatic N) is 4. The predicted molar refractivity (Wildman–Crippen MR) is 116 cm³/mol. The van der Waals surface area contributed by atoms with Crippen molar-refractivity contribution in [3.05, 3.63) is 42.5 Å². The number of methoxy groups -OCH3 is 2. The number of guanidine groups is 1. The van der Waals surface area contributed by atoms with Crippen LogP contribution in [-0.4, -0.2) is 61.3 Å². The molecule has 2 aromatic rings. The highest BCUT2D eigenvalue weighted by molar-refractivity contribution is 5.80. The van der Waals surface area contributed by atoms with Crippen LogP contribution in [0.15, 0.2) is 41.9 Å². The zero-order valence-corrected chi connectivity index (χ0v) is 18.0. The van der Waals surface area contributed by atoms with Crippen LogP contribution in [0.4, 0.5) is 0 Å². The van der Waals surface area contributed by atoms with E-state index < -0.39 is 0 Å². The number of aliphatic imine (C=N–C) groups is 1. The molecular weight excluding hydrogens is 366 g/mol. The van der Waals surface area contributed by atoms with Gasteiger partial charge in [0.25, 0.3) is 0 Å². The third-order valence-corrected chi connectivity index (χ3v) is 5.71. The quantitative estimate of drug-likeness (QED) is 0.441. The summed E-state index contributed by atoms with van der Waals surface area (Å²) in [5, 5.41) is 3.54. The Bertz CT molecular complexity index is 791. The molecule has 7 nitrogen and oxygen atoms in total. The second-order valence-electron chi connectivity index (χ2n) is 7.56. The normalized spacial score (nSPS) is 19.9. The molecule has 1 fully saturated rings. The van der Waals surface area contributed by atoms with Gasteiger partial charge in [0, 0.05) is 39.1 Å². The molecule has 3 rings (SSSR count). The highest BCUT2D eigenvalue weighted by Crippen LogP contribution is 2.28. The number of nitrogens with one attached hydrogen (secondary N) is 1. The topological polar surface area (TPSA) is 63.9 Å². The number of likely N-dealkylation sites (tertiary alicyclic amines) is 1. The highest BCUT2D eigenvalue weighted by Gasteiger charge is 2.28. The van der Waals surface area contributed by atoms with Crippen LogP contribution in [0, 0.1) is 5.92 Å². The maximum absolute atomic E-state index is 5.39. The molecule has 2 atom stereocenters. The number of imidazole rings is 1. The van der Waals surface area contributed by atoms with Crippen molar-refractivity contribution in [1.29, 1.82) is 0 Å². The summed E-state index contributed by atoms with van der Waals surface area (Å²) >= 11 is 0. The number of ether oxygens (including phenoxy) is 2.